The molecule has 0 atom stereocenters. The summed E-state index contributed by atoms with van der Waals surface area (Å²) in [4.78, 5) is 3.89. The Labute approximate surface area is 124 Å². The van der Waals surface area contributed by atoms with Gasteiger partial charge in [-0.3, -0.25) is 4.98 Å². The van der Waals surface area contributed by atoms with Crippen molar-refractivity contribution in [2.75, 3.05) is 5.75 Å². The third kappa shape index (κ3) is 3.92. The number of nitrogens with one attached hydrogen (secondary N) is 1. The van der Waals surface area contributed by atoms with Gasteiger partial charge in [-0.05, 0) is 37.0 Å². The number of aryl methyl sites for hydroxylation is 1. The van der Waals surface area contributed by atoms with E-state index < -0.39 is 15.6 Å². The van der Waals surface area contributed by atoms with E-state index in [1.54, 1.807) is 24.5 Å². The van der Waals surface area contributed by atoms with Gasteiger partial charge in [0.1, 0.15) is 0 Å². The Bertz CT molecular complexity index is 595. The van der Waals surface area contributed by atoms with Crippen LogP contribution in [0.15, 0.2) is 29.7 Å². The van der Waals surface area contributed by atoms with Crippen LogP contribution < -0.4 is 10.5 Å². The number of pyridine rings is 1. The topological polar surface area (TPSA) is 118 Å². The molecular weight excluding hydrogens is 292 g/mol. The first-order valence-electron chi connectivity index (χ1n) is 6.86. The molecule has 1 aliphatic rings. The highest BCUT2D eigenvalue weighted by atomic mass is 32.2. The number of hydrogen-bond donors (Lipinski definition) is 3. The SMILES string of the molecule is N/C(=N/O)C1(NS(=O)(=O)CCc2ccncc2)CCCC1. The maximum absolute atomic E-state index is 12.3. The normalized spacial score (nSPS) is 18.8. The molecule has 1 saturated carbocycles. The van der Waals surface area contributed by atoms with Crippen LogP contribution in [0.2, 0.25) is 0 Å². The molecule has 1 aromatic rings. The average Bonchev–Trinajstić information content (AvgIpc) is 2.94. The molecule has 0 unspecified atom stereocenters. The van der Waals surface area contributed by atoms with Crippen molar-refractivity contribution < 1.29 is 13.6 Å². The van der Waals surface area contributed by atoms with Crippen molar-refractivity contribution in [3.8, 4) is 0 Å². The first-order valence-corrected chi connectivity index (χ1v) is 8.51. The minimum atomic E-state index is -3.52. The molecule has 0 saturated heterocycles. The van der Waals surface area contributed by atoms with E-state index in [0.717, 1.165) is 18.4 Å². The molecule has 1 aliphatic carbocycles. The van der Waals surface area contributed by atoms with Crippen LogP contribution in [-0.4, -0.2) is 35.7 Å². The molecule has 116 valence electrons. The quantitative estimate of drug-likeness (QED) is 0.308. The van der Waals surface area contributed by atoms with E-state index in [1.165, 1.54) is 0 Å². The average molecular weight is 312 g/mol. The number of nitrogens with two attached hydrogens (primary N) is 1. The second kappa shape index (κ2) is 6.40. The van der Waals surface area contributed by atoms with Gasteiger partial charge in [0, 0.05) is 12.4 Å². The summed E-state index contributed by atoms with van der Waals surface area (Å²) >= 11 is 0. The number of aromatic nitrogens is 1. The van der Waals surface area contributed by atoms with Crippen LogP contribution in [0, 0.1) is 0 Å². The zero-order valence-electron chi connectivity index (χ0n) is 11.7. The maximum Gasteiger partial charge on any atom is 0.212 e. The van der Waals surface area contributed by atoms with E-state index in [1.807, 2.05) is 0 Å². The van der Waals surface area contributed by atoms with E-state index >= 15 is 0 Å². The summed E-state index contributed by atoms with van der Waals surface area (Å²) in [6.07, 6.45) is 6.46. The van der Waals surface area contributed by atoms with E-state index in [0.29, 0.717) is 19.3 Å². The number of sulfonamides is 1. The fraction of sp³-hybridized carbons (Fsp3) is 0.538. The Hall–Kier alpha value is -1.67. The molecular formula is C13H20N4O3S. The first kappa shape index (κ1) is 15.7. The number of oxime groups is 1. The molecule has 0 spiro atoms. The third-order valence-corrected chi connectivity index (χ3v) is 5.26. The van der Waals surface area contributed by atoms with Crippen LogP contribution in [0.1, 0.15) is 31.2 Å². The molecule has 1 fully saturated rings. The first-order chi connectivity index (χ1) is 9.97. The van der Waals surface area contributed by atoms with Gasteiger partial charge < -0.3 is 10.9 Å². The largest absolute Gasteiger partial charge is 0.409 e. The Morgan fingerprint density at radius 1 is 1.38 bits per heavy atom. The summed E-state index contributed by atoms with van der Waals surface area (Å²) in [6, 6.07) is 3.56. The number of amidine groups is 1. The van der Waals surface area contributed by atoms with Crippen molar-refractivity contribution in [1.29, 1.82) is 0 Å². The number of nitrogens with zero attached hydrogens (tertiary/aromatic N) is 2. The number of rotatable bonds is 6. The minimum absolute atomic E-state index is 0.0442. The van der Waals surface area contributed by atoms with Crippen LogP contribution in [-0.2, 0) is 16.4 Å². The van der Waals surface area contributed by atoms with Crippen molar-refractivity contribution in [3.05, 3.63) is 30.1 Å². The lowest BCUT2D eigenvalue weighted by Crippen LogP contribution is -2.56. The Balaban J connectivity index is 2.06. The van der Waals surface area contributed by atoms with Gasteiger partial charge in [-0.2, -0.15) is 0 Å². The van der Waals surface area contributed by atoms with E-state index in [9.17, 15) is 8.42 Å². The van der Waals surface area contributed by atoms with Gasteiger partial charge in [0.15, 0.2) is 5.84 Å². The molecule has 0 aliphatic heterocycles. The Morgan fingerprint density at radius 3 is 2.57 bits per heavy atom. The smallest absolute Gasteiger partial charge is 0.212 e. The van der Waals surface area contributed by atoms with Crippen molar-refractivity contribution >= 4 is 15.9 Å². The second-order valence-electron chi connectivity index (χ2n) is 5.30. The van der Waals surface area contributed by atoms with Gasteiger partial charge in [-0.25, -0.2) is 13.1 Å². The fourth-order valence-electron chi connectivity index (χ4n) is 2.64. The molecule has 21 heavy (non-hydrogen) atoms. The summed E-state index contributed by atoms with van der Waals surface area (Å²) in [5.41, 5.74) is 5.66. The summed E-state index contributed by atoms with van der Waals surface area (Å²) in [7, 11) is -3.52. The molecule has 2 rings (SSSR count). The van der Waals surface area contributed by atoms with E-state index in [2.05, 4.69) is 14.9 Å². The van der Waals surface area contributed by atoms with Gasteiger partial charge >= 0.3 is 0 Å². The molecule has 1 aromatic heterocycles. The lowest BCUT2D eigenvalue weighted by atomic mass is 9.98. The number of hydrogen-bond acceptors (Lipinski definition) is 5. The van der Waals surface area contributed by atoms with Crippen molar-refractivity contribution in [1.82, 2.24) is 9.71 Å². The predicted molar refractivity (Wildman–Crippen MR) is 79.5 cm³/mol. The highest BCUT2D eigenvalue weighted by molar-refractivity contribution is 7.89. The second-order valence-corrected chi connectivity index (χ2v) is 7.14. The van der Waals surface area contributed by atoms with Crippen LogP contribution in [0.5, 0.6) is 0 Å². The van der Waals surface area contributed by atoms with Crippen LogP contribution in [0.4, 0.5) is 0 Å². The molecule has 1 heterocycles. The molecule has 0 amide bonds. The third-order valence-electron chi connectivity index (χ3n) is 3.81. The van der Waals surface area contributed by atoms with Gasteiger partial charge in [0.2, 0.25) is 10.0 Å². The van der Waals surface area contributed by atoms with Crippen molar-refractivity contribution in [2.45, 2.75) is 37.6 Å². The fourth-order valence-corrected chi connectivity index (χ4v) is 4.15. The summed E-state index contributed by atoms with van der Waals surface area (Å²) in [6.45, 7) is 0. The Kier molecular flexibility index (Phi) is 4.79. The summed E-state index contributed by atoms with van der Waals surface area (Å²) in [5, 5.41) is 11.9. The van der Waals surface area contributed by atoms with Crippen molar-refractivity contribution in [2.24, 2.45) is 10.9 Å². The monoisotopic (exact) mass is 312 g/mol. The van der Waals surface area contributed by atoms with E-state index in [4.69, 9.17) is 10.9 Å². The molecule has 0 aromatic carbocycles. The summed E-state index contributed by atoms with van der Waals surface area (Å²) in [5.74, 6) is -0.107. The Morgan fingerprint density at radius 2 is 2.00 bits per heavy atom. The van der Waals surface area contributed by atoms with Gasteiger partial charge in [0.25, 0.3) is 0 Å². The molecule has 0 radical (unpaired) electrons. The minimum Gasteiger partial charge on any atom is -0.409 e. The van der Waals surface area contributed by atoms with Gasteiger partial charge in [0.05, 0.1) is 11.3 Å². The molecule has 4 N–H and O–H groups in total. The molecule has 7 nitrogen and oxygen atoms in total. The molecule has 8 heteroatoms. The highest BCUT2D eigenvalue weighted by Gasteiger charge is 2.41. The van der Waals surface area contributed by atoms with Crippen molar-refractivity contribution in [3.63, 3.8) is 0 Å². The summed E-state index contributed by atoms with van der Waals surface area (Å²) < 4.78 is 27.2. The lowest BCUT2D eigenvalue weighted by molar-refractivity contribution is 0.309. The predicted octanol–water partition coefficient (Wildman–Crippen LogP) is 0.603. The van der Waals surface area contributed by atoms with Gasteiger partial charge in [-0.15, -0.1) is 0 Å². The van der Waals surface area contributed by atoms with Crippen LogP contribution >= 0.6 is 0 Å². The standard InChI is InChI=1S/C13H20N4O3S/c14-12(16-18)13(6-1-2-7-13)17-21(19,20)10-5-11-3-8-15-9-4-11/h3-4,8-9,17-18H,1-2,5-7,10H2,(H2,14,16). The van der Waals surface area contributed by atoms with Crippen LogP contribution in [0.25, 0.3) is 0 Å². The van der Waals surface area contributed by atoms with Crippen LogP contribution in [0.3, 0.4) is 0 Å². The zero-order chi connectivity index (χ0) is 15.3. The maximum atomic E-state index is 12.3. The van der Waals surface area contributed by atoms with Gasteiger partial charge in [-0.1, -0.05) is 18.0 Å². The van der Waals surface area contributed by atoms with E-state index in [-0.39, 0.29) is 11.6 Å². The molecule has 0 bridgehead atoms. The zero-order valence-corrected chi connectivity index (χ0v) is 12.5. The highest BCUT2D eigenvalue weighted by Crippen LogP contribution is 2.30. The lowest BCUT2D eigenvalue weighted by Gasteiger charge is -2.28.